The first kappa shape index (κ1) is 19.8. The molecule has 27 heavy (non-hydrogen) atoms. The van der Waals surface area contributed by atoms with Crippen molar-refractivity contribution in [3.8, 4) is 11.8 Å². The molecule has 1 atom stereocenters. The van der Waals surface area contributed by atoms with Crippen LogP contribution in [-0.4, -0.2) is 34.7 Å². The van der Waals surface area contributed by atoms with Crippen LogP contribution < -0.4 is 11.1 Å². The summed E-state index contributed by atoms with van der Waals surface area (Å²) in [5.41, 5.74) is 8.37. The van der Waals surface area contributed by atoms with Crippen molar-refractivity contribution in [1.29, 1.82) is 0 Å². The Hall–Kier alpha value is -3.56. The van der Waals surface area contributed by atoms with E-state index in [1.807, 2.05) is 12.1 Å². The Labute approximate surface area is 158 Å². The molecular weight excluding hydrogens is 342 g/mol. The van der Waals surface area contributed by atoms with Crippen LogP contribution in [-0.2, 0) is 4.79 Å². The molecular formula is C21H21N3O3. The Morgan fingerprint density at radius 3 is 2.07 bits per heavy atom. The first-order valence-corrected chi connectivity index (χ1v) is 8.32. The molecule has 3 rings (SSSR count). The second-order valence-electron chi connectivity index (χ2n) is 5.73. The molecule has 2 aromatic carbocycles. The summed E-state index contributed by atoms with van der Waals surface area (Å²) < 4.78 is 0. The molecule has 0 aliphatic carbocycles. The van der Waals surface area contributed by atoms with Crippen molar-refractivity contribution in [3.05, 3.63) is 78.4 Å². The molecule has 0 spiro atoms. The van der Waals surface area contributed by atoms with E-state index in [0.717, 1.165) is 11.1 Å². The summed E-state index contributed by atoms with van der Waals surface area (Å²) in [6.07, 6.45) is 0.395. The van der Waals surface area contributed by atoms with Crippen molar-refractivity contribution in [3.63, 3.8) is 0 Å². The van der Waals surface area contributed by atoms with Gasteiger partial charge in [-0.15, -0.1) is 13.2 Å². The van der Waals surface area contributed by atoms with Crippen LogP contribution in [0.3, 0.4) is 0 Å². The van der Waals surface area contributed by atoms with Gasteiger partial charge in [-0.1, -0.05) is 11.8 Å². The molecule has 1 aliphatic heterocycles. The predicted molar refractivity (Wildman–Crippen MR) is 104 cm³/mol. The Balaban J connectivity index is 0.00000126. The molecule has 1 saturated heterocycles. The van der Waals surface area contributed by atoms with Gasteiger partial charge in [0, 0.05) is 22.4 Å². The van der Waals surface area contributed by atoms with Crippen molar-refractivity contribution < 1.29 is 14.8 Å². The minimum atomic E-state index is -0.678. The zero-order valence-corrected chi connectivity index (χ0v) is 14.8. The van der Waals surface area contributed by atoms with Gasteiger partial charge in [-0.05, 0) is 55.0 Å². The maximum atomic E-state index is 12.2. The lowest BCUT2D eigenvalue weighted by atomic mass is 10.1. The number of hydroxylamine groups is 2. The van der Waals surface area contributed by atoms with Gasteiger partial charge in [-0.3, -0.25) is 14.8 Å². The molecule has 0 radical (unpaired) electrons. The van der Waals surface area contributed by atoms with Gasteiger partial charge in [0.05, 0.1) is 6.54 Å². The van der Waals surface area contributed by atoms with Gasteiger partial charge in [0.15, 0.2) is 0 Å². The summed E-state index contributed by atoms with van der Waals surface area (Å²) in [5.74, 6) is 5.20. The fourth-order valence-corrected chi connectivity index (χ4v) is 2.46. The highest BCUT2D eigenvalue weighted by atomic mass is 16.5. The van der Waals surface area contributed by atoms with E-state index in [4.69, 9.17) is 5.73 Å². The maximum absolute atomic E-state index is 12.2. The number of hydrogen-bond donors (Lipinski definition) is 3. The fourth-order valence-electron chi connectivity index (χ4n) is 2.46. The Bertz CT molecular complexity index is 864. The first-order chi connectivity index (χ1) is 13.0. The van der Waals surface area contributed by atoms with E-state index >= 15 is 0 Å². The van der Waals surface area contributed by atoms with Crippen LogP contribution in [0.4, 0.5) is 5.69 Å². The number of benzene rings is 2. The van der Waals surface area contributed by atoms with Crippen LogP contribution in [0, 0.1) is 11.8 Å². The molecule has 6 nitrogen and oxygen atoms in total. The number of carbonyl (C=O) groups excluding carboxylic acids is 2. The van der Waals surface area contributed by atoms with Crippen LogP contribution in [0.5, 0.6) is 0 Å². The zero-order chi connectivity index (χ0) is 19.8. The minimum absolute atomic E-state index is 0.226. The molecule has 1 heterocycles. The van der Waals surface area contributed by atoms with Gasteiger partial charge in [-0.2, -0.15) is 0 Å². The maximum Gasteiger partial charge on any atom is 0.268 e. The van der Waals surface area contributed by atoms with E-state index in [1.165, 1.54) is 0 Å². The quantitative estimate of drug-likeness (QED) is 0.330. The monoisotopic (exact) mass is 363 g/mol. The van der Waals surface area contributed by atoms with Gasteiger partial charge in [0.25, 0.3) is 11.8 Å². The zero-order valence-electron chi connectivity index (χ0n) is 14.8. The highest BCUT2D eigenvalue weighted by Gasteiger charge is 2.32. The van der Waals surface area contributed by atoms with E-state index in [9.17, 15) is 14.8 Å². The number of amides is 2. The summed E-state index contributed by atoms with van der Waals surface area (Å²) in [6.45, 7) is 6.23. The van der Waals surface area contributed by atoms with Gasteiger partial charge in [0.2, 0.25) is 0 Å². The molecule has 2 amide bonds. The summed E-state index contributed by atoms with van der Waals surface area (Å²) in [6, 6.07) is 13.4. The summed E-state index contributed by atoms with van der Waals surface area (Å²) in [4.78, 5) is 23.8. The van der Waals surface area contributed by atoms with Crippen LogP contribution in [0.2, 0.25) is 0 Å². The SMILES string of the molecule is C=C.Nc1ccc(C#Cc2ccc(C(=O)N[C@@H]3CCN(O)C3=O)cc2)cc1. The normalized spacial score (nSPS) is 15.2. The van der Waals surface area contributed by atoms with Crippen molar-refractivity contribution >= 4 is 17.5 Å². The number of nitrogens with two attached hydrogens (primary N) is 1. The Kier molecular flexibility index (Phi) is 6.75. The summed E-state index contributed by atoms with van der Waals surface area (Å²) >= 11 is 0. The van der Waals surface area contributed by atoms with Crippen molar-refractivity contribution in [2.75, 3.05) is 12.3 Å². The molecule has 138 valence electrons. The largest absolute Gasteiger partial charge is 0.399 e. The predicted octanol–water partition coefficient (Wildman–Crippen LogP) is 2.19. The van der Waals surface area contributed by atoms with Gasteiger partial charge < -0.3 is 11.1 Å². The van der Waals surface area contributed by atoms with E-state index in [0.29, 0.717) is 22.7 Å². The third kappa shape index (κ3) is 5.21. The second kappa shape index (κ2) is 9.22. The number of anilines is 1. The van der Waals surface area contributed by atoms with E-state index in [1.54, 1.807) is 36.4 Å². The average Bonchev–Trinajstić information content (AvgIpc) is 3.01. The summed E-state index contributed by atoms with van der Waals surface area (Å²) in [5, 5.41) is 12.5. The smallest absolute Gasteiger partial charge is 0.268 e. The third-order valence-electron chi connectivity index (χ3n) is 3.90. The highest BCUT2D eigenvalue weighted by molar-refractivity contribution is 5.97. The lowest BCUT2D eigenvalue weighted by Crippen LogP contribution is -2.40. The standard InChI is InChI=1S/C19H17N3O3.C2H4/c20-16-9-5-14(6-10-16)2-1-13-3-7-15(8-4-13)18(23)21-17-11-12-22(25)19(17)24;1-2/h3-10,17,25H,11-12,20H2,(H,21,23);1-2H2/t17-;/m1./s1. The topological polar surface area (TPSA) is 95.7 Å². The fraction of sp³-hybridized carbons (Fsp3) is 0.143. The van der Waals surface area contributed by atoms with Crippen LogP contribution in [0.1, 0.15) is 27.9 Å². The Morgan fingerprint density at radius 1 is 1.07 bits per heavy atom. The Morgan fingerprint density at radius 2 is 1.59 bits per heavy atom. The lowest BCUT2D eigenvalue weighted by Gasteiger charge is -2.11. The van der Waals surface area contributed by atoms with Gasteiger partial charge >= 0.3 is 0 Å². The molecule has 1 fully saturated rings. The van der Waals surface area contributed by atoms with E-state index < -0.39 is 11.9 Å². The number of nitrogens with one attached hydrogen (secondary N) is 1. The highest BCUT2D eigenvalue weighted by Crippen LogP contribution is 2.10. The third-order valence-corrected chi connectivity index (χ3v) is 3.90. The van der Waals surface area contributed by atoms with Crippen molar-refractivity contribution in [2.24, 2.45) is 0 Å². The number of hydrogen-bond acceptors (Lipinski definition) is 4. The van der Waals surface area contributed by atoms with E-state index in [-0.39, 0.29) is 12.5 Å². The molecule has 6 heteroatoms. The molecule has 0 bridgehead atoms. The minimum Gasteiger partial charge on any atom is -0.399 e. The molecule has 0 unspecified atom stereocenters. The molecule has 2 aromatic rings. The second-order valence-corrected chi connectivity index (χ2v) is 5.73. The number of nitrogens with zero attached hydrogens (tertiary/aromatic N) is 1. The average molecular weight is 363 g/mol. The first-order valence-electron chi connectivity index (χ1n) is 8.32. The van der Waals surface area contributed by atoms with E-state index in [2.05, 4.69) is 30.3 Å². The molecule has 0 aromatic heterocycles. The number of nitrogen functional groups attached to an aromatic ring is 1. The van der Waals surface area contributed by atoms with Crippen molar-refractivity contribution in [2.45, 2.75) is 12.5 Å². The van der Waals surface area contributed by atoms with Gasteiger partial charge in [-0.25, -0.2) is 5.06 Å². The molecule has 0 saturated carbocycles. The van der Waals surface area contributed by atoms with Crippen LogP contribution >= 0.6 is 0 Å². The number of rotatable bonds is 2. The number of carbonyl (C=O) groups is 2. The van der Waals surface area contributed by atoms with Crippen molar-refractivity contribution in [1.82, 2.24) is 10.4 Å². The molecule has 1 aliphatic rings. The van der Waals surface area contributed by atoms with Crippen LogP contribution in [0.15, 0.2) is 61.7 Å². The lowest BCUT2D eigenvalue weighted by molar-refractivity contribution is -0.158. The molecule has 4 N–H and O–H groups in total. The van der Waals surface area contributed by atoms with Gasteiger partial charge in [0.1, 0.15) is 6.04 Å². The van der Waals surface area contributed by atoms with Crippen LogP contribution in [0.25, 0.3) is 0 Å². The summed E-state index contributed by atoms with van der Waals surface area (Å²) in [7, 11) is 0.